The number of piperidine rings is 2. The maximum Gasteiger partial charge on any atom is 0.191 e. The van der Waals surface area contributed by atoms with Crippen molar-refractivity contribution in [1.82, 2.24) is 20.4 Å². The number of nitrogens with one attached hydrogen (secondary N) is 2. The standard InChI is InChI=1S/C25H43N5.HI/c1-22-11-5-6-12-23(22)21-30-19-13-24(14-20-30)28-25(26-2)27-15-7-3-8-16-29-17-9-4-10-18-29;/h5-6,11-12,24H,3-4,7-10,13-21H2,1-2H3,(H2,26,27,28);1H. The number of guanidine groups is 1. The first-order chi connectivity index (χ1) is 14.7. The SMILES string of the molecule is CN=C(NCCCCCN1CCCCC1)NC1CCN(Cc2ccccc2C)CC1.I. The lowest BCUT2D eigenvalue weighted by Crippen LogP contribution is -2.48. The zero-order chi connectivity index (χ0) is 21.0. The van der Waals surface area contributed by atoms with Gasteiger partial charge in [0.2, 0.25) is 0 Å². The first kappa shape index (κ1) is 26.4. The van der Waals surface area contributed by atoms with Gasteiger partial charge in [-0.15, -0.1) is 24.0 Å². The number of hydrogen-bond donors (Lipinski definition) is 2. The van der Waals surface area contributed by atoms with E-state index in [0.29, 0.717) is 6.04 Å². The second-order valence-electron chi connectivity index (χ2n) is 9.08. The van der Waals surface area contributed by atoms with Crippen molar-refractivity contribution in [2.45, 2.75) is 70.9 Å². The molecule has 5 nitrogen and oxygen atoms in total. The van der Waals surface area contributed by atoms with Crippen LogP contribution in [0.15, 0.2) is 29.3 Å². The third kappa shape index (κ3) is 9.66. The van der Waals surface area contributed by atoms with Gasteiger partial charge in [0, 0.05) is 39.3 Å². The van der Waals surface area contributed by atoms with Crippen LogP contribution in [-0.4, -0.2) is 68.1 Å². The molecule has 31 heavy (non-hydrogen) atoms. The van der Waals surface area contributed by atoms with Crippen molar-refractivity contribution in [3.8, 4) is 0 Å². The summed E-state index contributed by atoms with van der Waals surface area (Å²) in [5.41, 5.74) is 2.86. The molecule has 2 aliphatic heterocycles. The molecule has 1 aromatic carbocycles. The summed E-state index contributed by atoms with van der Waals surface area (Å²) in [5, 5.41) is 7.17. The number of likely N-dealkylation sites (tertiary alicyclic amines) is 2. The van der Waals surface area contributed by atoms with Crippen molar-refractivity contribution in [1.29, 1.82) is 0 Å². The van der Waals surface area contributed by atoms with Crippen LogP contribution in [0.5, 0.6) is 0 Å². The highest BCUT2D eigenvalue weighted by Crippen LogP contribution is 2.16. The Balaban J connectivity index is 0.00000341. The molecule has 2 heterocycles. The van der Waals surface area contributed by atoms with Gasteiger partial charge in [-0.1, -0.05) is 37.1 Å². The molecule has 0 radical (unpaired) electrons. The predicted octanol–water partition coefficient (Wildman–Crippen LogP) is 4.40. The minimum absolute atomic E-state index is 0. The highest BCUT2D eigenvalue weighted by atomic mass is 127. The van der Waals surface area contributed by atoms with E-state index in [1.54, 1.807) is 0 Å². The lowest BCUT2D eigenvalue weighted by atomic mass is 10.0. The minimum atomic E-state index is 0. The number of benzene rings is 1. The number of aliphatic imine (C=N–C) groups is 1. The van der Waals surface area contributed by atoms with E-state index in [1.807, 2.05) is 7.05 Å². The highest BCUT2D eigenvalue weighted by Gasteiger charge is 2.20. The van der Waals surface area contributed by atoms with E-state index in [1.165, 1.54) is 82.1 Å². The molecule has 0 atom stereocenters. The van der Waals surface area contributed by atoms with Crippen molar-refractivity contribution in [2.24, 2.45) is 4.99 Å². The van der Waals surface area contributed by atoms with Crippen LogP contribution in [0.2, 0.25) is 0 Å². The fourth-order valence-electron chi connectivity index (χ4n) is 4.68. The van der Waals surface area contributed by atoms with E-state index >= 15 is 0 Å². The van der Waals surface area contributed by atoms with Crippen LogP contribution < -0.4 is 10.6 Å². The Hall–Kier alpha value is -0.860. The largest absolute Gasteiger partial charge is 0.356 e. The van der Waals surface area contributed by atoms with E-state index < -0.39 is 0 Å². The minimum Gasteiger partial charge on any atom is -0.356 e. The van der Waals surface area contributed by atoms with Crippen LogP contribution in [0.1, 0.15) is 62.5 Å². The van der Waals surface area contributed by atoms with Crippen LogP contribution in [0, 0.1) is 6.92 Å². The molecule has 3 rings (SSSR count). The van der Waals surface area contributed by atoms with Crippen molar-refractivity contribution in [3.05, 3.63) is 35.4 Å². The van der Waals surface area contributed by atoms with Crippen molar-refractivity contribution in [2.75, 3.05) is 46.3 Å². The summed E-state index contributed by atoms with van der Waals surface area (Å²) in [6.07, 6.45) is 10.4. The summed E-state index contributed by atoms with van der Waals surface area (Å²) in [7, 11) is 1.89. The quantitative estimate of drug-likeness (QED) is 0.211. The zero-order valence-electron chi connectivity index (χ0n) is 19.7. The van der Waals surface area contributed by atoms with Gasteiger partial charge in [0.1, 0.15) is 0 Å². The fourth-order valence-corrected chi connectivity index (χ4v) is 4.68. The first-order valence-electron chi connectivity index (χ1n) is 12.2. The first-order valence-corrected chi connectivity index (χ1v) is 12.2. The lowest BCUT2D eigenvalue weighted by molar-refractivity contribution is 0.198. The molecule has 0 aliphatic carbocycles. The van der Waals surface area contributed by atoms with Gasteiger partial charge in [-0.25, -0.2) is 0 Å². The number of unbranched alkanes of at least 4 members (excludes halogenated alkanes) is 2. The number of hydrogen-bond acceptors (Lipinski definition) is 3. The molecule has 2 aliphatic rings. The van der Waals surface area contributed by atoms with Gasteiger partial charge in [0.25, 0.3) is 0 Å². The Morgan fingerprint density at radius 1 is 0.968 bits per heavy atom. The maximum atomic E-state index is 4.44. The number of halogens is 1. The molecule has 0 amide bonds. The molecule has 0 bridgehead atoms. The van der Waals surface area contributed by atoms with Gasteiger partial charge in [0.05, 0.1) is 0 Å². The van der Waals surface area contributed by atoms with E-state index in [2.05, 4.69) is 56.6 Å². The summed E-state index contributed by atoms with van der Waals surface area (Å²) in [5.74, 6) is 0.975. The summed E-state index contributed by atoms with van der Waals surface area (Å²) >= 11 is 0. The molecule has 0 spiro atoms. The molecule has 2 N–H and O–H groups in total. The topological polar surface area (TPSA) is 42.9 Å². The molecule has 0 unspecified atom stereocenters. The molecule has 2 saturated heterocycles. The lowest BCUT2D eigenvalue weighted by Gasteiger charge is -2.33. The van der Waals surface area contributed by atoms with E-state index in [9.17, 15) is 0 Å². The average Bonchev–Trinajstić information content (AvgIpc) is 2.78. The van der Waals surface area contributed by atoms with Crippen molar-refractivity contribution >= 4 is 29.9 Å². The predicted molar refractivity (Wildman–Crippen MR) is 144 cm³/mol. The number of rotatable bonds is 9. The van der Waals surface area contributed by atoms with Gasteiger partial charge in [0.15, 0.2) is 5.96 Å². The Morgan fingerprint density at radius 3 is 2.42 bits per heavy atom. The van der Waals surface area contributed by atoms with Crippen LogP contribution >= 0.6 is 24.0 Å². The van der Waals surface area contributed by atoms with Gasteiger partial charge in [-0.05, 0) is 76.2 Å². The molecular formula is C25H44IN5. The Labute approximate surface area is 207 Å². The molecule has 2 fully saturated rings. The average molecular weight is 542 g/mol. The third-order valence-electron chi connectivity index (χ3n) is 6.70. The van der Waals surface area contributed by atoms with E-state index in [0.717, 1.165) is 32.1 Å². The Bertz CT molecular complexity index is 637. The van der Waals surface area contributed by atoms with Crippen LogP contribution in [-0.2, 0) is 6.54 Å². The van der Waals surface area contributed by atoms with Gasteiger partial charge < -0.3 is 15.5 Å². The third-order valence-corrected chi connectivity index (χ3v) is 6.70. The van der Waals surface area contributed by atoms with E-state index in [4.69, 9.17) is 0 Å². The number of aryl methyl sites for hydroxylation is 1. The Kier molecular flexibility index (Phi) is 12.8. The van der Waals surface area contributed by atoms with Crippen LogP contribution in [0.25, 0.3) is 0 Å². The molecule has 6 heteroatoms. The monoisotopic (exact) mass is 541 g/mol. The normalized spacial score (nSPS) is 19.1. The molecule has 0 aromatic heterocycles. The van der Waals surface area contributed by atoms with Crippen LogP contribution in [0.3, 0.4) is 0 Å². The smallest absolute Gasteiger partial charge is 0.191 e. The molecule has 1 aromatic rings. The Morgan fingerprint density at radius 2 is 1.71 bits per heavy atom. The number of nitrogens with zero attached hydrogens (tertiary/aromatic N) is 3. The second kappa shape index (κ2) is 15.1. The molecular weight excluding hydrogens is 497 g/mol. The van der Waals surface area contributed by atoms with Gasteiger partial charge in [-0.2, -0.15) is 0 Å². The summed E-state index contributed by atoms with van der Waals surface area (Å²) in [6.45, 7) is 10.5. The van der Waals surface area contributed by atoms with Crippen LogP contribution in [0.4, 0.5) is 0 Å². The van der Waals surface area contributed by atoms with E-state index in [-0.39, 0.29) is 24.0 Å². The van der Waals surface area contributed by atoms with Gasteiger partial charge in [-0.3, -0.25) is 9.89 Å². The zero-order valence-corrected chi connectivity index (χ0v) is 22.1. The summed E-state index contributed by atoms with van der Waals surface area (Å²) in [6, 6.07) is 9.29. The maximum absolute atomic E-state index is 4.44. The second-order valence-corrected chi connectivity index (χ2v) is 9.08. The molecule has 176 valence electrons. The fraction of sp³-hybridized carbons (Fsp3) is 0.720. The van der Waals surface area contributed by atoms with Gasteiger partial charge >= 0.3 is 0 Å². The molecule has 0 saturated carbocycles. The summed E-state index contributed by atoms with van der Waals surface area (Å²) < 4.78 is 0. The van der Waals surface area contributed by atoms with Crippen molar-refractivity contribution < 1.29 is 0 Å². The summed E-state index contributed by atoms with van der Waals surface area (Å²) in [4.78, 5) is 9.67. The van der Waals surface area contributed by atoms with Crippen molar-refractivity contribution in [3.63, 3.8) is 0 Å². The highest BCUT2D eigenvalue weighted by molar-refractivity contribution is 14.0.